The summed E-state index contributed by atoms with van der Waals surface area (Å²) >= 11 is 0. The first-order valence-electron chi connectivity index (χ1n) is 9.54. The van der Waals surface area contributed by atoms with Crippen molar-refractivity contribution in [1.82, 2.24) is 4.90 Å². The summed E-state index contributed by atoms with van der Waals surface area (Å²) < 4.78 is 0. The highest BCUT2D eigenvalue weighted by Crippen LogP contribution is 2.65. The molecule has 3 saturated carbocycles. The number of carbonyl (C=O) groups excluding carboxylic acids is 2. The Labute approximate surface area is 144 Å². The van der Waals surface area contributed by atoms with Crippen molar-refractivity contribution in [1.29, 1.82) is 0 Å². The Kier molecular flexibility index (Phi) is 3.43. The summed E-state index contributed by atoms with van der Waals surface area (Å²) in [5, 5.41) is 0. The molecule has 0 bridgehead atoms. The first kappa shape index (κ1) is 16.2. The van der Waals surface area contributed by atoms with E-state index in [1.807, 2.05) is 11.9 Å². The van der Waals surface area contributed by atoms with Gasteiger partial charge < -0.3 is 10.6 Å². The van der Waals surface area contributed by atoms with Crippen LogP contribution in [0, 0.1) is 34.5 Å². The largest absolute Gasteiger partial charge is 0.369 e. The van der Waals surface area contributed by atoms with Crippen LogP contribution in [-0.4, -0.2) is 29.8 Å². The molecule has 2 N–H and O–H groups in total. The van der Waals surface area contributed by atoms with E-state index in [0.29, 0.717) is 23.8 Å². The van der Waals surface area contributed by atoms with E-state index >= 15 is 0 Å². The van der Waals surface area contributed by atoms with Crippen molar-refractivity contribution in [2.75, 3.05) is 7.05 Å². The number of carbonyl (C=O) groups is 2. The average Bonchev–Trinajstić information content (AvgIpc) is 2.89. The number of rotatable bonds is 1. The van der Waals surface area contributed by atoms with Crippen LogP contribution in [0.5, 0.6) is 0 Å². The number of likely N-dealkylation sites (N-methyl/N-ethyl adjacent to an activating group) is 1. The summed E-state index contributed by atoms with van der Waals surface area (Å²) in [6.45, 7) is 4.67. The second-order valence-corrected chi connectivity index (χ2v) is 9.20. The number of nitrogens with zero attached hydrogens (tertiary/aromatic N) is 1. The van der Waals surface area contributed by atoms with Gasteiger partial charge in [0.05, 0.1) is 0 Å². The van der Waals surface area contributed by atoms with Crippen molar-refractivity contribution in [3.05, 3.63) is 12.2 Å². The molecule has 0 aromatic rings. The smallest absolute Gasteiger partial charge is 0.246 e. The number of primary amides is 1. The van der Waals surface area contributed by atoms with Gasteiger partial charge in [0, 0.05) is 24.4 Å². The molecule has 0 radical (unpaired) electrons. The van der Waals surface area contributed by atoms with E-state index in [1.54, 1.807) is 6.08 Å². The number of fused-ring (bicyclic) bond motifs is 5. The standard InChI is InChI=1S/C20H30N2O2/c1-19-10-8-14-12(13(19)5-6-15(19)18(21)24)4-7-16-20(14,2)11-9-17(23)22(16)3/h9,11-16H,4-8,10H2,1-3H3,(H2,21,24)/t12?,13?,14?,15?,16?,19?,20-/m1/s1. The molecule has 4 heteroatoms. The lowest BCUT2D eigenvalue weighted by Crippen LogP contribution is -2.59. The van der Waals surface area contributed by atoms with Crippen molar-refractivity contribution in [3.63, 3.8) is 0 Å². The molecule has 0 spiro atoms. The lowest BCUT2D eigenvalue weighted by molar-refractivity contribution is -0.141. The molecule has 2 amide bonds. The van der Waals surface area contributed by atoms with Crippen LogP contribution in [0.15, 0.2) is 12.2 Å². The summed E-state index contributed by atoms with van der Waals surface area (Å²) in [5.74, 6) is 2.00. The Balaban J connectivity index is 1.68. The third-order valence-corrected chi connectivity index (χ3v) is 8.47. The molecule has 4 rings (SSSR count). The van der Waals surface area contributed by atoms with Crippen LogP contribution in [0.3, 0.4) is 0 Å². The lowest BCUT2D eigenvalue weighted by atomic mass is 9.47. The Morgan fingerprint density at radius 3 is 2.62 bits per heavy atom. The number of hydrogen-bond donors (Lipinski definition) is 1. The van der Waals surface area contributed by atoms with E-state index in [2.05, 4.69) is 19.9 Å². The molecule has 3 aliphatic carbocycles. The van der Waals surface area contributed by atoms with Gasteiger partial charge in [-0.2, -0.15) is 0 Å². The monoisotopic (exact) mass is 330 g/mol. The number of hydrogen-bond acceptors (Lipinski definition) is 2. The van der Waals surface area contributed by atoms with Gasteiger partial charge in [0.1, 0.15) is 0 Å². The van der Waals surface area contributed by atoms with Gasteiger partial charge in [0.25, 0.3) is 0 Å². The zero-order valence-electron chi connectivity index (χ0n) is 15.1. The van der Waals surface area contributed by atoms with Crippen LogP contribution in [0.1, 0.15) is 52.4 Å². The van der Waals surface area contributed by atoms with Gasteiger partial charge in [-0.1, -0.05) is 19.9 Å². The molecule has 24 heavy (non-hydrogen) atoms. The first-order chi connectivity index (χ1) is 11.3. The predicted octanol–water partition coefficient (Wildman–Crippen LogP) is 2.73. The van der Waals surface area contributed by atoms with Gasteiger partial charge in [-0.15, -0.1) is 0 Å². The maximum atomic E-state index is 12.1. The number of nitrogens with two attached hydrogens (primary N) is 1. The molecule has 3 fully saturated rings. The average molecular weight is 330 g/mol. The second kappa shape index (κ2) is 5.09. The molecule has 0 aromatic carbocycles. The van der Waals surface area contributed by atoms with Crippen molar-refractivity contribution in [3.8, 4) is 0 Å². The fourth-order valence-corrected chi connectivity index (χ4v) is 7.21. The van der Waals surface area contributed by atoms with Crippen molar-refractivity contribution >= 4 is 11.8 Å². The van der Waals surface area contributed by atoms with E-state index in [4.69, 9.17) is 5.73 Å². The summed E-state index contributed by atoms with van der Waals surface area (Å²) in [5.41, 5.74) is 5.90. The van der Waals surface area contributed by atoms with Crippen LogP contribution in [0.25, 0.3) is 0 Å². The molecule has 6 unspecified atom stereocenters. The minimum absolute atomic E-state index is 0.0557. The Bertz CT molecular complexity index is 615. The quantitative estimate of drug-likeness (QED) is 0.803. The third kappa shape index (κ3) is 1.91. The lowest BCUT2D eigenvalue weighted by Gasteiger charge is -2.60. The first-order valence-corrected chi connectivity index (χ1v) is 9.54. The van der Waals surface area contributed by atoms with Gasteiger partial charge >= 0.3 is 0 Å². The van der Waals surface area contributed by atoms with Crippen LogP contribution in [0.2, 0.25) is 0 Å². The van der Waals surface area contributed by atoms with Gasteiger partial charge in [-0.05, 0) is 67.8 Å². The highest BCUT2D eigenvalue weighted by atomic mass is 16.2. The SMILES string of the molecule is CN1C(=O)C=C[C@]2(C)C3CCC4(C)C(C(N)=O)CCC4C3CCC12. The molecule has 4 nitrogen and oxygen atoms in total. The van der Waals surface area contributed by atoms with E-state index in [-0.39, 0.29) is 28.6 Å². The van der Waals surface area contributed by atoms with E-state index < -0.39 is 0 Å². The Hall–Kier alpha value is -1.32. The Morgan fingerprint density at radius 2 is 1.92 bits per heavy atom. The topological polar surface area (TPSA) is 63.4 Å². The van der Waals surface area contributed by atoms with Gasteiger partial charge in [0.15, 0.2) is 0 Å². The molecule has 0 saturated heterocycles. The van der Waals surface area contributed by atoms with Crippen molar-refractivity contribution in [2.45, 2.75) is 58.4 Å². The van der Waals surface area contributed by atoms with Crippen LogP contribution >= 0.6 is 0 Å². The van der Waals surface area contributed by atoms with Crippen molar-refractivity contribution in [2.24, 2.45) is 40.2 Å². The number of amides is 2. The molecule has 132 valence electrons. The molecular weight excluding hydrogens is 300 g/mol. The Morgan fingerprint density at radius 1 is 1.17 bits per heavy atom. The summed E-state index contributed by atoms with van der Waals surface area (Å²) in [6.07, 6.45) is 10.6. The summed E-state index contributed by atoms with van der Waals surface area (Å²) in [4.78, 5) is 26.0. The van der Waals surface area contributed by atoms with E-state index in [1.165, 1.54) is 6.42 Å². The predicted molar refractivity (Wildman–Crippen MR) is 92.8 cm³/mol. The normalized spacial score (nSPS) is 50.2. The molecule has 1 aliphatic heterocycles. The van der Waals surface area contributed by atoms with Crippen LogP contribution in [-0.2, 0) is 9.59 Å². The summed E-state index contributed by atoms with van der Waals surface area (Å²) in [7, 11) is 1.96. The zero-order valence-corrected chi connectivity index (χ0v) is 15.1. The van der Waals surface area contributed by atoms with Crippen molar-refractivity contribution < 1.29 is 9.59 Å². The third-order valence-electron chi connectivity index (χ3n) is 8.47. The maximum absolute atomic E-state index is 12.1. The highest BCUT2D eigenvalue weighted by molar-refractivity contribution is 5.89. The van der Waals surface area contributed by atoms with Gasteiger partial charge in [-0.3, -0.25) is 9.59 Å². The van der Waals surface area contributed by atoms with Gasteiger partial charge in [-0.25, -0.2) is 0 Å². The van der Waals surface area contributed by atoms with E-state index in [0.717, 1.165) is 32.1 Å². The highest BCUT2D eigenvalue weighted by Gasteiger charge is 2.61. The molecule has 1 heterocycles. The van der Waals surface area contributed by atoms with E-state index in [9.17, 15) is 9.59 Å². The molecule has 4 aliphatic rings. The van der Waals surface area contributed by atoms with Gasteiger partial charge in [0.2, 0.25) is 11.8 Å². The summed E-state index contributed by atoms with van der Waals surface area (Å²) in [6, 6.07) is 0.328. The minimum atomic E-state index is -0.0961. The van der Waals surface area contributed by atoms with Crippen LogP contribution < -0.4 is 5.73 Å². The second-order valence-electron chi connectivity index (χ2n) is 9.20. The fourth-order valence-electron chi connectivity index (χ4n) is 7.21. The zero-order chi connectivity index (χ0) is 17.3. The minimum Gasteiger partial charge on any atom is -0.369 e. The molecule has 7 atom stereocenters. The van der Waals surface area contributed by atoms with Crippen LogP contribution in [0.4, 0.5) is 0 Å². The fraction of sp³-hybridized carbons (Fsp3) is 0.800. The maximum Gasteiger partial charge on any atom is 0.246 e. The molecule has 0 aromatic heterocycles. The molecular formula is C20H30N2O2.